The fourth-order valence-electron chi connectivity index (χ4n) is 2.32. The van der Waals surface area contributed by atoms with Crippen LogP contribution >= 0.6 is 0 Å². The summed E-state index contributed by atoms with van der Waals surface area (Å²) in [6, 6.07) is 1.08. The van der Waals surface area contributed by atoms with Crippen molar-refractivity contribution in [2.24, 2.45) is 0 Å². The SMILES string of the molecule is CC(C)N1C(C)COC12COC2. The molecule has 2 saturated heterocycles. The van der Waals surface area contributed by atoms with Gasteiger partial charge < -0.3 is 9.47 Å². The highest BCUT2D eigenvalue weighted by Crippen LogP contribution is 2.35. The molecule has 2 heterocycles. The molecule has 0 N–H and O–H groups in total. The third-order valence-electron chi connectivity index (χ3n) is 2.75. The van der Waals surface area contributed by atoms with E-state index in [1.807, 2.05) is 0 Å². The van der Waals surface area contributed by atoms with E-state index in [0.29, 0.717) is 12.1 Å². The van der Waals surface area contributed by atoms with Crippen molar-refractivity contribution in [3.63, 3.8) is 0 Å². The number of hydrogen-bond donors (Lipinski definition) is 0. The van der Waals surface area contributed by atoms with Crippen LogP contribution in [0.25, 0.3) is 0 Å². The molecule has 3 heteroatoms. The molecule has 0 bridgehead atoms. The van der Waals surface area contributed by atoms with Gasteiger partial charge in [0.1, 0.15) is 0 Å². The van der Waals surface area contributed by atoms with Crippen LogP contribution < -0.4 is 0 Å². The molecule has 0 amide bonds. The predicted octanol–water partition coefficient (Wildman–Crippen LogP) is 0.842. The summed E-state index contributed by atoms with van der Waals surface area (Å²) in [7, 11) is 0. The lowest BCUT2D eigenvalue weighted by Gasteiger charge is -2.46. The molecule has 0 aromatic rings. The summed E-state index contributed by atoms with van der Waals surface area (Å²) < 4.78 is 11.0. The van der Waals surface area contributed by atoms with Crippen molar-refractivity contribution in [3.8, 4) is 0 Å². The molecule has 0 aromatic heterocycles. The first-order valence-electron chi connectivity index (χ1n) is 4.66. The van der Waals surface area contributed by atoms with Gasteiger partial charge in [0.05, 0.1) is 19.8 Å². The largest absolute Gasteiger partial charge is 0.372 e. The van der Waals surface area contributed by atoms with Gasteiger partial charge in [-0.1, -0.05) is 0 Å². The van der Waals surface area contributed by atoms with Crippen molar-refractivity contribution in [2.45, 2.75) is 38.6 Å². The Kier molecular flexibility index (Phi) is 1.90. The smallest absolute Gasteiger partial charge is 0.169 e. The minimum Gasteiger partial charge on any atom is -0.372 e. The second-order valence-electron chi connectivity index (χ2n) is 4.10. The number of rotatable bonds is 1. The van der Waals surface area contributed by atoms with Gasteiger partial charge in [0.15, 0.2) is 5.72 Å². The van der Waals surface area contributed by atoms with Gasteiger partial charge in [0, 0.05) is 12.1 Å². The van der Waals surface area contributed by atoms with Gasteiger partial charge in [0.2, 0.25) is 0 Å². The van der Waals surface area contributed by atoms with Crippen LogP contribution in [0.1, 0.15) is 20.8 Å². The third-order valence-corrected chi connectivity index (χ3v) is 2.75. The molecule has 2 fully saturated rings. The minimum atomic E-state index is -0.0619. The number of nitrogens with zero attached hydrogens (tertiary/aromatic N) is 1. The van der Waals surface area contributed by atoms with Gasteiger partial charge >= 0.3 is 0 Å². The molecule has 0 aromatic carbocycles. The molecular formula is C9H17NO2. The average molecular weight is 171 g/mol. The van der Waals surface area contributed by atoms with E-state index >= 15 is 0 Å². The van der Waals surface area contributed by atoms with Crippen LogP contribution in [0, 0.1) is 0 Å². The van der Waals surface area contributed by atoms with E-state index in [9.17, 15) is 0 Å². The lowest BCUT2D eigenvalue weighted by Crippen LogP contribution is -2.62. The summed E-state index contributed by atoms with van der Waals surface area (Å²) in [6.07, 6.45) is 0. The second-order valence-corrected chi connectivity index (χ2v) is 4.10. The van der Waals surface area contributed by atoms with Crippen molar-refractivity contribution in [1.82, 2.24) is 4.90 Å². The van der Waals surface area contributed by atoms with Gasteiger partial charge in [-0.05, 0) is 20.8 Å². The maximum atomic E-state index is 5.76. The lowest BCUT2D eigenvalue weighted by atomic mass is 10.1. The maximum Gasteiger partial charge on any atom is 0.169 e. The molecule has 1 atom stereocenters. The Morgan fingerprint density at radius 1 is 1.42 bits per heavy atom. The molecule has 3 nitrogen and oxygen atoms in total. The topological polar surface area (TPSA) is 21.7 Å². The van der Waals surface area contributed by atoms with Gasteiger partial charge in [-0.2, -0.15) is 0 Å². The Morgan fingerprint density at radius 3 is 2.42 bits per heavy atom. The van der Waals surface area contributed by atoms with Crippen LogP contribution in [0.5, 0.6) is 0 Å². The number of ether oxygens (including phenoxy) is 2. The van der Waals surface area contributed by atoms with Crippen LogP contribution in [0.3, 0.4) is 0 Å². The van der Waals surface area contributed by atoms with Crippen LogP contribution in [0.2, 0.25) is 0 Å². The van der Waals surface area contributed by atoms with Crippen LogP contribution in [-0.2, 0) is 9.47 Å². The molecule has 12 heavy (non-hydrogen) atoms. The standard InChI is InChI=1S/C9H17NO2/c1-7(2)10-8(3)4-12-9(10)5-11-6-9/h7-8H,4-6H2,1-3H3. The Labute approximate surface area is 73.6 Å². The van der Waals surface area contributed by atoms with E-state index in [2.05, 4.69) is 25.7 Å². The molecule has 2 aliphatic heterocycles. The Bertz CT molecular complexity index is 177. The summed E-state index contributed by atoms with van der Waals surface area (Å²) in [5.41, 5.74) is -0.0619. The zero-order valence-electron chi connectivity index (χ0n) is 8.04. The van der Waals surface area contributed by atoms with Crippen molar-refractivity contribution in [1.29, 1.82) is 0 Å². The summed E-state index contributed by atoms with van der Waals surface area (Å²) >= 11 is 0. The van der Waals surface area contributed by atoms with Crippen LogP contribution in [0.15, 0.2) is 0 Å². The highest BCUT2D eigenvalue weighted by atomic mass is 16.6. The Balaban J connectivity index is 2.14. The van der Waals surface area contributed by atoms with E-state index < -0.39 is 0 Å². The molecule has 2 rings (SSSR count). The van der Waals surface area contributed by atoms with Crippen LogP contribution in [0.4, 0.5) is 0 Å². The Morgan fingerprint density at radius 2 is 2.08 bits per heavy atom. The summed E-state index contributed by atoms with van der Waals surface area (Å²) in [5, 5.41) is 0. The quantitative estimate of drug-likeness (QED) is 0.583. The molecule has 0 radical (unpaired) electrons. The molecular weight excluding hydrogens is 154 g/mol. The van der Waals surface area contributed by atoms with Gasteiger partial charge in [-0.3, -0.25) is 4.90 Å². The molecule has 0 aliphatic carbocycles. The average Bonchev–Trinajstić information content (AvgIpc) is 2.25. The monoisotopic (exact) mass is 171 g/mol. The van der Waals surface area contributed by atoms with Crippen molar-refractivity contribution >= 4 is 0 Å². The van der Waals surface area contributed by atoms with Gasteiger partial charge in [-0.25, -0.2) is 0 Å². The van der Waals surface area contributed by atoms with Gasteiger partial charge in [0.25, 0.3) is 0 Å². The Hall–Kier alpha value is -0.120. The third kappa shape index (κ3) is 1.00. The fraction of sp³-hybridized carbons (Fsp3) is 1.00. The first kappa shape index (κ1) is 8.48. The van der Waals surface area contributed by atoms with E-state index in [0.717, 1.165) is 19.8 Å². The highest BCUT2D eigenvalue weighted by molar-refractivity contribution is 4.96. The molecule has 0 saturated carbocycles. The minimum absolute atomic E-state index is 0.0619. The second kappa shape index (κ2) is 2.69. The van der Waals surface area contributed by atoms with Crippen LogP contribution in [-0.4, -0.2) is 42.5 Å². The first-order valence-corrected chi connectivity index (χ1v) is 4.66. The van der Waals surface area contributed by atoms with Gasteiger partial charge in [-0.15, -0.1) is 0 Å². The maximum absolute atomic E-state index is 5.76. The fourth-order valence-corrected chi connectivity index (χ4v) is 2.32. The molecule has 1 spiro atoms. The number of hydrogen-bond acceptors (Lipinski definition) is 3. The van der Waals surface area contributed by atoms with Crippen molar-refractivity contribution in [3.05, 3.63) is 0 Å². The summed E-state index contributed by atoms with van der Waals surface area (Å²) in [5.74, 6) is 0. The zero-order chi connectivity index (χ0) is 8.77. The summed E-state index contributed by atoms with van der Waals surface area (Å²) in [6.45, 7) is 8.98. The van der Waals surface area contributed by atoms with Crippen molar-refractivity contribution in [2.75, 3.05) is 19.8 Å². The van der Waals surface area contributed by atoms with Crippen molar-refractivity contribution < 1.29 is 9.47 Å². The normalized spacial score (nSPS) is 34.5. The zero-order valence-corrected chi connectivity index (χ0v) is 8.04. The summed E-state index contributed by atoms with van der Waals surface area (Å²) in [4.78, 5) is 2.43. The lowest BCUT2D eigenvalue weighted by molar-refractivity contribution is -0.249. The van der Waals surface area contributed by atoms with E-state index in [-0.39, 0.29) is 5.72 Å². The first-order chi connectivity index (χ1) is 5.66. The predicted molar refractivity (Wildman–Crippen MR) is 45.9 cm³/mol. The van der Waals surface area contributed by atoms with E-state index in [1.54, 1.807) is 0 Å². The molecule has 70 valence electrons. The van der Waals surface area contributed by atoms with E-state index in [1.165, 1.54) is 0 Å². The molecule has 1 unspecified atom stereocenters. The van der Waals surface area contributed by atoms with E-state index in [4.69, 9.17) is 9.47 Å². The molecule has 2 aliphatic rings. The highest BCUT2D eigenvalue weighted by Gasteiger charge is 2.52.